The van der Waals surface area contributed by atoms with E-state index < -0.39 is 15.8 Å². The molecule has 2 rings (SSSR count). The monoisotopic (exact) mass is 300 g/mol. The van der Waals surface area contributed by atoms with Crippen molar-refractivity contribution in [1.82, 2.24) is 10.0 Å². The molecule has 1 saturated carbocycles. The van der Waals surface area contributed by atoms with Gasteiger partial charge in [-0.15, -0.1) is 0 Å². The number of halogens is 1. The molecule has 0 saturated heterocycles. The highest BCUT2D eigenvalue weighted by molar-refractivity contribution is 7.89. The second-order valence-corrected chi connectivity index (χ2v) is 7.05. The molecule has 6 heteroatoms. The molecule has 2 N–H and O–H groups in total. The van der Waals surface area contributed by atoms with E-state index in [1.54, 1.807) is 6.92 Å². The predicted molar refractivity (Wildman–Crippen MR) is 76.6 cm³/mol. The summed E-state index contributed by atoms with van der Waals surface area (Å²) in [5.74, 6) is -0.533. The van der Waals surface area contributed by atoms with Crippen LogP contribution in [0.25, 0.3) is 0 Å². The standard InChI is InChI=1S/C14H21FN2O2S/c1-10-3-4-11(15)9-14(10)20(18,19)17-13-7-5-12(16-2)6-8-13/h3-4,9,12-13,16-17H,5-8H2,1-2H3. The molecule has 0 unspecified atom stereocenters. The van der Waals surface area contributed by atoms with E-state index in [0.29, 0.717) is 11.6 Å². The summed E-state index contributed by atoms with van der Waals surface area (Å²) in [4.78, 5) is 0.0354. The molecule has 0 radical (unpaired) electrons. The fourth-order valence-electron chi connectivity index (χ4n) is 2.65. The van der Waals surface area contributed by atoms with Crippen LogP contribution in [0, 0.1) is 12.7 Å². The number of hydrogen-bond acceptors (Lipinski definition) is 3. The second kappa shape index (κ2) is 6.20. The summed E-state index contributed by atoms with van der Waals surface area (Å²) >= 11 is 0. The van der Waals surface area contributed by atoms with Gasteiger partial charge in [-0.1, -0.05) is 6.07 Å². The Bertz CT molecular complexity index is 567. The largest absolute Gasteiger partial charge is 0.317 e. The maximum absolute atomic E-state index is 13.3. The van der Waals surface area contributed by atoms with E-state index in [1.807, 2.05) is 7.05 Å². The number of aryl methyl sites for hydroxylation is 1. The normalized spacial score (nSPS) is 23.8. The number of rotatable bonds is 4. The maximum Gasteiger partial charge on any atom is 0.241 e. The van der Waals surface area contributed by atoms with Crippen molar-refractivity contribution in [2.24, 2.45) is 0 Å². The van der Waals surface area contributed by atoms with Crippen LogP contribution < -0.4 is 10.0 Å². The van der Waals surface area contributed by atoms with Crippen molar-refractivity contribution in [3.05, 3.63) is 29.6 Å². The van der Waals surface area contributed by atoms with Gasteiger partial charge >= 0.3 is 0 Å². The molecule has 4 nitrogen and oxygen atoms in total. The van der Waals surface area contributed by atoms with Gasteiger partial charge in [0.05, 0.1) is 4.90 Å². The number of sulfonamides is 1. The van der Waals surface area contributed by atoms with Crippen molar-refractivity contribution in [2.45, 2.75) is 49.6 Å². The Balaban J connectivity index is 2.10. The number of benzene rings is 1. The van der Waals surface area contributed by atoms with E-state index in [-0.39, 0.29) is 10.9 Å². The first kappa shape index (κ1) is 15.4. The van der Waals surface area contributed by atoms with Crippen molar-refractivity contribution in [3.63, 3.8) is 0 Å². The summed E-state index contributed by atoms with van der Waals surface area (Å²) < 4.78 is 40.6. The zero-order valence-corrected chi connectivity index (χ0v) is 12.6. The second-order valence-electron chi connectivity index (χ2n) is 5.37. The van der Waals surface area contributed by atoms with Crippen LogP contribution in [-0.4, -0.2) is 27.5 Å². The van der Waals surface area contributed by atoms with Gasteiger partial charge in [-0.05, 0) is 57.4 Å². The molecule has 0 atom stereocenters. The van der Waals surface area contributed by atoms with Crippen LogP contribution in [0.15, 0.2) is 23.1 Å². The zero-order valence-electron chi connectivity index (χ0n) is 11.8. The highest BCUT2D eigenvalue weighted by Gasteiger charge is 2.26. The van der Waals surface area contributed by atoms with E-state index in [4.69, 9.17) is 0 Å². The molecule has 1 aromatic carbocycles. The van der Waals surface area contributed by atoms with Crippen molar-refractivity contribution < 1.29 is 12.8 Å². The first-order chi connectivity index (χ1) is 9.42. The van der Waals surface area contributed by atoms with Crippen molar-refractivity contribution >= 4 is 10.0 Å². The summed E-state index contributed by atoms with van der Waals surface area (Å²) in [5.41, 5.74) is 0.558. The van der Waals surface area contributed by atoms with Crippen LogP contribution in [-0.2, 0) is 10.0 Å². The Morgan fingerprint density at radius 2 is 1.75 bits per heavy atom. The number of nitrogens with one attached hydrogen (secondary N) is 2. The Labute approximate surface area is 119 Å². The third kappa shape index (κ3) is 3.56. The summed E-state index contributed by atoms with van der Waals surface area (Å²) in [6, 6.07) is 4.24. The minimum Gasteiger partial charge on any atom is -0.317 e. The Hall–Kier alpha value is -0.980. The van der Waals surface area contributed by atoms with Crippen LogP contribution in [0.5, 0.6) is 0 Å². The molecular weight excluding hydrogens is 279 g/mol. The lowest BCUT2D eigenvalue weighted by molar-refractivity contribution is 0.342. The van der Waals surface area contributed by atoms with E-state index in [0.717, 1.165) is 31.7 Å². The molecule has 112 valence electrons. The van der Waals surface area contributed by atoms with Gasteiger partial charge in [0.2, 0.25) is 10.0 Å². The average molecular weight is 300 g/mol. The minimum atomic E-state index is -3.65. The Morgan fingerprint density at radius 3 is 2.35 bits per heavy atom. The van der Waals surface area contributed by atoms with Gasteiger partial charge in [0.1, 0.15) is 5.82 Å². The average Bonchev–Trinajstić information content (AvgIpc) is 2.42. The van der Waals surface area contributed by atoms with Crippen LogP contribution in [0.1, 0.15) is 31.2 Å². The van der Waals surface area contributed by atoms with E-state index in [9.17, 15) is 12.8 Å². The Kier molecular flexibility index (Phi) is 4.78. The molecule has 20 heavy (non-hydrogen) atoms. The molecule has 0 heterocycles. The van der Waals surface area contributed by atoms with E-state index in [2.05, 4.69) is 10.0 Å². The van der Waals surface area contributed by atoms with Crippen molar-refractivity contribution in [2.75, 3.05) is 7.05 Å². The van der Waals surface area contributed by atoms with E-state index in [1.165, 1.54) is 12.1 Å². The summed E-state index contributed by atoms with van der Waals surface area (Å²) in [6.45, 7) is 1.67. The topological polar surface area (TPSA) is 58.2 Å². The van der Waals surface area contributed by atoms with Crippen molar-refractivity contribution in [3.8, 4) is 0 Å². The molecule has 1 aliphatic rings. The lowest BCUT2D eigenvalue weighted by Crippen LogP contribution is -2.41. The lowest BCUT2D eigenvalue weighted by Gasteiger charge is -2.28. The zero-order chi connectivity index (χ0) is 14.8. The van der Waals surface area contributed by atoms with Gasteiger partial charge < -0.3 is 5.32 Å². The number of hydrogen-bond donors (Lipinski definition) is 2. The third-order valence-corrected chi connectivity index (χ3v) is 5.56. The summed E-state index contributed by atoms with van der Waals surface area (Å²) in [5, 5.41) is 3.21. The molecule has 1 aromatic rings. The molecule has 0 bridgehead atoms. The first-order valence-corrected chi connectivity index (χ1v) is 8.36. The highest BCUT2D eigenvalue weighted by Crippen LogP contribution is 2.22. The van der Waals surface area contributed by atoms with E-state index >= 15 is 0 Å². The quantitative estimate of drug-likeness (QED) is 0.893. The SMILES string of the molecule is CNC1CCC(NS(=O)(=O)c2cc(F)ccc2C)CC1. The molecule has 0 aliphatic heterocycles. The molecule has 1 aliphatic carbocycles. The Morgan fingerprint density at radius 1 is 1.15 bits per heavy atom. The van der Waals surface area contributed by atoms with Gasteiger partial charge in [0.25, 0.3) is 0 Å². The smallest absolute Gasteiger partial charge is 0.241 e. The third-order valence-electron chi connectivity index (χ3n) is 3.90. The molecule has 0 spiro atoms. The van der Waals surface area contributed by atoms with Gasteiger partial charge in [-0.3, -0.25) is 0 Å². The molecular formula is C14H21FN2O2S. The fourth-order valence-corrected chi connectivity index (χ4v) is 4.21. The van der Waals surface area contributed by atoms with Gasteiger partial charge in [-0.25, -0.2) is 17.5 Å². The summed E-state index contributed by atoms with van der Waals surface area (Å²) in [7, 11) is -1.73. The lowest BCUT2D eigenvalue weighted by atomic mass is 9.92. The molecule has 0 aromatic heterocycles. The van der Waals surface area contributed by atoms with Crippen LogP contribution in [0.3, 0.4) is 0 Å². The van der Waals surface area contributed by atoms with Crippen LogP contribution >= 0.6 is 0 Å². The summed E-state index contributed by atoms with van der Waals surface area (Å²) in [6.07, 6.45) is 3.51. The predicted octanol–water partition coefficient (Wildman–Crippen LogP) is 1.94. The molecule has 0 amide bonds. The minimum absolute atomic E-state index is 0.0354. The van der Waals surface area contributed by atoms with Gasteiger partial charge in [0.15, 0.2) is 0 Å². The fraction of sp³-hybridized carbons (Fsp3) is 0.571. The van der Waals surface area contributed by atoms with Gasteiger partial charge in [-0.2, -0.15) is 0 Å². The maximum atomic E-state index is 13.3. The van der Waals surface area contributed by atoms with Crippen molar-refractivity contribution in [1.29, 1.82) is 0 Å². The van der Waals surface area contributed by atoms with Crippen LogP contribution in [0.2, 0.25) is 0 Å². The van der Waals surface area contributed by atoms with Crippen LogP contribution in [0.4, 0.5) is 4.39 Å². The highest BCUT2D eigenvalue weighted by atomic mass is 32.2. The first-order valence-electron chi connectivity index (χ1n) is 6.88. The molecule has 1 fully saturated rings. The van der Waals surface area contributed by atoms with Gasteiger partial charge in [0, 0.05) is 12.1 Å².